The first kappa shape index (κ1) is 26.8. The third-order valence-electron chi connectivity index (χ3n) is 5.21. The van der Waals surface area contributed by atoms with Crippen molar-refractivity contribution in [2.24, 2.45) is 0 Å². The molecule has 3 rings (SSSR count). The fourth-order valence-corrected chi connectivity index (χ4v) is 4.55. The molecule has 9 nitrogen and oxygen atoms in total. The minimum atomic E-state index is -3.58. The van der Waals surface area contributed by atoms with Gasteiger partial charge in [0.1, 0.15) is 23.1 Å². The second-order valence-corrected chi connectivity index (χ2v) is 10.7. The van der Waals surface area contributed by atoms with E-state index in [0.29, 0.717) is 30.9 Å². The van der Waals surface area contributed by atoms with E-state index in [1.54, 1.807) is 24.3 Å². The van der Waals surface area contributed by atoms with Crippen molar-refractivity contribution in [1.82, 2.24) is 9.36 Å². The Bertz CT molecular complexity index is 1390. The van der Waals surface area contributed by atoms with Crippen LogP contribution in [0.15, 0.2) is 53.2 Å². The van der Waals surface area contributed by atoms with Crippen LogP contribution in [-0.4, -0.2) is 42.6 Å². The first-order valence-corrected chi connectivity index (χ1v) is 13.6. The molecule has 0 fully saturated rings. The lowest BCUT2D eigenvalue weighted by Gasteiger charge is -2.11. The van der Waals surface area contributed by atoms with E-state index >= 15 is 0 Å². The van der Waals surface area contributed by atoms with Gasteiger partial charge in [-0.05, 0) is 54.8 Å². The van der Waals surface area contributed by atoms with Crippen LogP contribution in [0.5, 0.6) is 11.5 Å². The van der Waals surface area contributed by atoms with E-state index in [1.807, 2.05) is 38.1 Å². The number of hydrogen-bond donors (Lipinski definition) is 1. The van der Waals surface area contributed by atoms with Gasteiger partial charge in [-0.3, -0.25) is 10.1 Å². The Kier molecular flexibility index (Phi) is 9.16. The number of nitrogens with zero attached hydrogens (tertiary/aromatic N) is 3. The second kappa shape index (κ2) is 12.3. The number of carbonyl (C=O) groups excluding carboxylic acids is 1. The molecular weight excluding hydrogens is 500 g/mol. The first-order chi connectivity index (χ1) is 17.2. The van der Waals surface area contributed by atoms with Crippen molar-refractivity contribution in [2.75, 3.05) is 24.3 Å². The van der Waals surface area contributed by atoms with Crippen LogP contribution in [0, 0.1) is 25.2 Å². The maximum absolute atomic E-state index is 12.4. The lowest BCUT2D eigenvalue weighted by atomic mass is 10.1. The van der Waals surface area contributed by atoms with E-state index < -0.39 is 15.7 Å². The van der Waals surface area contributed by atoms with Gasteiger partial charge in [-0.2, -0.15) is 14.6 Å². The van der Waals surface area contributed by atoms with Crippen molar-refractivity contribution in [3.05, 3.63) is 64.7 Å². The number of nitrogens with one attached hydrogen (secondary N) is 1. The van der Waals surface area contributed by atoms with Crippen LogP contribution in [0.25, 0.3) is 6.08 Å². The van der Waals surface area contributed by atoms with Crippen LogP contribution in [0.3, 0.4) is 0 Å². The van der Waals surface area contributed by atoms with Crippen LogP contribution in [-0.2, 0) is 14.6 Å². The molecule has 1 amide bonds. The fourth-order valence-electron chi connectivity index (χ4n) is 2.97. The summed E-state index contributed by atoms with van der Waals surface area (Å²) in [7, 11) is -3.58. The second-order valence-electron chi connectivity index (χ2n) is 7.73. The third kappa shape index (κ3) is 7.13. The van der Waals surface area contributed by atoms with E-state index in [2.05, 4.69) is 14.7 Å². The first-order valence-electron chi connectivity index (χ1n) is 11.1. The number of anilines is 1. The van der Waals surface area contributed by atoms with Crippen molar-refractivity contribution in [1.29, 1.82) is 5.26 Å². The molecule has 1 heterocycles. The summed E-state index contributed by atoms with van der Waals surface area (Å²) in [5.74, 6) is 0.667. The molecule has 0 aliphatic rings. The van der Waals surface area contributed by atoms with Gasteiger partial charge in [0.2, 0.25) is 15.0 Å². The highest BCUT2D eigenvalue weighted by atomic mass is 32.2. The number of amides is 1. The van der Waals surface area contributed by atoms with Crippen LogP contribution in [0.4, 0.5) is 5.13 Å². The molecule has 0 aliphatic heterocycles. The van der Waals surface area contributed by atoms with E-state index in [4.69, 9.17) is 9.47 Å². The average molecular weight is 527 g/mol. The molecule has 11 heteroatoms. The van der Waals surface area contributed by atoms with Gasteiger partial charge < -0.3 is 9.47 Å². The lowest BCUT2D eigenvalue weighted by Crippen LogP contribution is -2.13. The molecule has 0 aliphatic carbocycles. The number of carbonyl (C=O) groups is 1. The zero-order chi connectivity index (χ0) is 26.1. The highest BCUT2D eigenvalue weighted by molar-refractivity contribution is 7.91. The lowest BCUT2D eigenvalue weighted by molar-refractivity contribution is -0.112. The molecular formula is C25H26N4O5S2. The van der Waals surface area contributed by atoms with Gasteiger partial charge in [-0.25, -0.2) is 8.42 Å². The summed E-state index contributed by atoms with van der Waals surface area (Å²) in [6.07, 6.45) is 2.13. The molecule has 1 aromatic heterocycles. The summed E-state index contributed by atoms with van der Waals surface area (Å²) < 4.78 is 39.0. The third-order valence-corrected chi connectivity index (χ3v) is 7.46. The maximum atomic E-state index is 12.4. The zero-order valence-corrected chi connectivity index (χ0v) is 21.8. The Hall–Kier alpha value is -3.75. The molecule has 188 valence electrons. The molecule has 0 saturated carbocycles. The Morgan fingerprint density at radius 1 is 1.14 bits per heavy atom. The maximum Gasteiger partial charge on any atom is 0.268 e. The number of aryl methyl sites for hydroxylation is 1. The number of nitriles is 1. The summed E-state index contributed by atoms with van der Waals surface area (Å²) >= 11 is 0.733. The predicted octanol–water partition coefficient (Wildman–Crippen LogP) is 4.34. The largest absolute Gasteiger partial charge is 0.493 e. The van der Waals surface area contributed by atoms with Crippen LogP contribution in [0.2, 0.25) is 0 Å². The van der Waals surface area contributed by atoms with E-state index in [1.165, 1.54) is 18.6 Å². The van der Waals surface area contributed by atoms with Crippen LogP contribution in [0.1, 0.15) is 30.0 Å². The summed E-state index contributed by atoms with van der Waals surface area (Å²) in [5.41, 5.74) is 2.78. The summed E-state index contributed by atoms with van der Waals surface area (Å²) in [5, 5.41) is 11.5. The number of aromatic nitrogens is 2. The SMILES string of the molecule is CCS(=O)(=O)c1nsc(NC(=O)C(C#N)=Cc2ccc(OCCCOc3cccc(C)c3C)cc2)n1. The number of benzene rings is 2. The van der Waals surface area contributed by atoms with Crippen molar-refractivity contribution < 1.29 is 22.7 Å². The van der Waals surface area contributed by atoms with Gasteiger partial charge >= 0.3 is 0 Å². The molecule has 0 spiro atoms. The molecule has 36 heavy (non-hydrogen) atoms. The highest BCUT2D eigenvalue weighted by Crippen LogP contribution is 2.21. The standard InChI is InChI=1S/C25H26N4O5S2/c1-4-36(31,32)25-28-24(35-29-25)27-23(30)20(16-26)15-19-9-11-21(12-10-19)33-13-6-14-34-22-8-5-7-17(2)18(22)3/h5,7-12,15H,4,6,13-14H2,1-3H3,(H,27,28,29,30). The van der Waals surface area contributed by atoms with E-state index in [-0.39, 0.29) is 21.6 Å². The van der Waals surface area contributed by atoms with Gasteiger partial charge in [0.15, 0.2) is 0 Å². The molecule has 2 aromatic carbocycles. The Morgan fingerprint density at radius 3 is 2.56 bits per heavy atom. The number of rotatable bonds is 11. The van der Waals surface area contributed by atoms with Crippen molar-refractivity contribution in [3.8, 4) is 17.6 Å². The van der Waals surface area contributed by atoms with Crippen molar-refractivity contribution >= 4 is 38.5 Å². The average Bonchev–Trinajstić information content (AvgIpc) is 3.35. The van der Waals surface area contributed by atoms with Crippen LogP contribution >= 0.6 is 11.5 Å². The van der Waals surface area contributed by atoms with Crippen molar-refractivity contribution in [3.63, 3.8) is 0 Å². The number of ether oxygens (including phenoxy) is 2. The monoisotopic (exact) mass is 526 g/mol. The number of hydrogen-bond acceptors (Lipinski definition) is 9. The highest BCUT2D eigenvalue weighted by Gasteiger charge is 2.20. The molecule has 3 aromatic rings. The van der Waals surface area contributed by atoms with Crippen molar-refractivity contribution in [2.45, 2.75) is 32.3 Å². The Morgan fingerprint density at radius 2 is 1.86 bits per heavy atom. The zero-order valence-electron chi connectivity index (χ0n) is 20.1. The Labute approximate surface area is 214 Å². The molecule has 0 radical (unpaired) electrons. The van der Waals surface area contributed by atoms with E-state index in [0.717, 1.165) is 22.8 Å². The van der Waals surface area contributed by atoms with Gasteiger partial charge in [0.05, 0.1) is 19.0 Å². The molecule has 0 bridgehead atoms. The summed E-state index contributed by atoms with van der Waals surface area (Å²) in [6, 6.07) is 14.8. The number of sulfone groups is 1. The smallest absolute Gasteiger partial charge is 0.268 e. The molecule has 0 unspecified atom stereocenters. The van der Waals surface area contributed by atoms with Gasteiger partial charge in [0.25, 0.3) is 11.1 Å². The minimum Gasteiger partial charge on any atom is -0.493 e. The quantitative estimate of drug-likeness (QED) is 0.222. The van der Waals surface area contributed by atoms with Gasteiger partial charge in [-0.1, -0.05) is 31.2 Å². The normalized spacial score (nSPS) is 11.6. The molecule has 1 N–H and O–H groups in total. The summed E-state index contributed by atoms with van der Waals surface area (Å²) in [6.45, 7) is 6.57. The predicted molar refractivity (Wildman–Crippen MR) is 138 cm³/mol. The van der Waals surface area contributed by atoms with Gasteiger partial charge in [-0.15, -0.1) is 0 Å². The van der Waals surface area contributed by atoms with E-state index in [9.17, 15) is 18.5 Å². The topological polar surface area (TPSA) is 131 Å². The fraction of sp³-hybridized carbons (Fsp3) is 0.280. The molecule has 0 atom stereocenters. The van der Waals surface area contributed by atoms with Gasteiger partial charge in [0, 0.05) is 18.0 Å². The summed E-state index contributed by atoms with van der Waals surface area (Å²) in [4.78, 5) is 16.3. The van der Waals surface area contributed by atoms with Crippen LogP contribution < -0.4 is 14.8 Å². The minimum absolute atomic E-state index is 0.00142. The Balaban J connectivity index is 1.51. The molecule has 0 saturated heterocycles.